The lowest BCUT2D eigenvalue weighted by molar-refractivity contribution is -0.286. The summed E-state index contributed by atoms with van der Waals surface area (Å²) in [7, 11) is 1.52. The molecular formula is C20H14F5N5O3. The molecule has 1 aromatic heterocycles. The Balaban J connectivity index is 1.40. The van der Waals surface area contributed by atoms with E-state index in [0.29, 0.717) is 17.1 Å². The number of benzene rings is 2. The highest BCUT2D eigenvalue weighted by molar-refractivity contribution is 5.96. The van der Waals surface area contributed by atoms with Crippen molar-refractivity contribution < 1.29 is 36.2 Å². The molecule has 0 saturated carbocycles. The van der Waals surface area contributed by atoms with Crippen molar-refractivity contribution in [1.29, 1.82) is 0 Å². The number of nitrogens with zero attached hydrogens (tertiary/aromatic N) is 3. The van der Waals surface area contributed by atoms with E-state index in [1.54, 1.807) is 30.3 Å². The van der Waals surface area contributed by atoms with Crippen molar-refractivity contribution in [3.63, 3.8) is 0 Å². The minimum Gasteiger partial charge on any atom is -0.395 e. The number of ether oxygens (including phenoxy) is 2. The molecule has 0 aliphatic carbocycles. The maximum absolute atomic E-state index is 13.6. The summed E-state index contributed by atoms with van der Waals surface area (Å²) in [5, 5.41) is 8.85. The maximum atomic E-state index is 13.6. The molecule has 3 aromatic rings. The van der Waals surface area contributed by atoms with Crippen molar-refractivity contribution in [2.24, 2.45) is 0 Å². The summed E-state index contributed by atoms with van der Waals surface area (Å²) in [4.78, 5) is 14.3. The van der Waals surface area contributed by atoms with Crippen LogP contribution in [-0.4, -0.2) is 35.3 Å². The number of carbonyl (C=O) groups excluding carboxylic acids is 1. The standard InChI is InChI=1S/C20H14F5N5O3/c1-29-13-8-15-14(32-20(24,25)33-15)7-12(13)26-18(29)27-17(31)11-9-30(10-5-3-2-4-6-10)28-16(11)19(21,22)23/h2-9,18,26H,1H3,(H,27,31). The zero-order valence-corrected chi connectivity index (χ0v) is 16.7. The van der Waals surface area contributed by atoms with Gasteiger partial charge in [0.1, 0.15) is 0 Å². The van der Waals surface area contributed by atoms with Gasteiger partial charge in [0.25, 0.3) is 5.91 Å². The van der Waals surface area contributed by atoms with Crippen molar-refractivity contribution >= 4 is 17.3 Å². The van der Waals surface area contributed by atoms with Crippen molar-refractivity contribution in [3.05, 3.63) is 59.9 Å². The Morgan fingerprint density at radius 2 is 1.82 bits per heavy atom. The Morgan fingerprint density at radius 1 is 1.15 bits per heavy atom. The lowest BCUT2D eigenvalue weighted by Gasteiger charge is -2.23. The molecule has 0 bridgehead atoms. The number of anilines is 2. The van der Waals surface area contributed by atoms with Crippen LogP contribution < -0.4 is 25.0 Å². The number of aromatic nitrogens is 2. The number of carbonyl (C=O) groups is 1. The molecule has 13 heteroatoms. The molecule has 0 saturated heterocycles. The minimum absolute atomic E-state index is 0.206. The predicted molar refractivity (Wildman–Crippen MR) is 104 cm³/mol. The number of hydrogen-bond acceptors (Lipinski definition) is 6. The molecule has 3 heterocycles. The Hall–Kier alpha value is -4.03. The first-order valence-corrected chi connectivity index (χ1v) is 9.48. The lowest BCUT2D eigenvalue weighted by atomic mass is 10.2. The van der Waals surface area contributed by atoms with Crippen LogP contribution in [0.4, 0.5) is 33.3 Å². The SMILES string of the molecule is CN1c2cc3c(cc2NC1NC(=O)c1cn(-c2ccccc2)nc1C(F)(F)F)OC(F)(F)O3. The van der Waals surface area contributed by atoms with Crippen molar-refractivity contribution in [3.8, 4) is 17.2 Å². The van der Waals surface area contributed by atoms with Gasteiger partial charge in [-0.2, -0.15) is 18.3 Å². The minimum atomic E-state index is -4.87. The predicted octanol–water partition coefficient (Wildman–Crippen LogP) is 3.79. The van der Waals surface area contributed by atoms with Crippen LogP contribution in [0.3, 0.4) is 0 Å². The largest absolute Gasteiger partial charge is 0.586 e. The van der Waals surface area contributed by atoms with Crippen molar-refractivity contribution in [2.75, 3.05) is 17.3 Å². The van der Waals surface area contributed by atoms with E-state index < -0.39 is 35.9 Å². The number of nitrogens with one attached hydrogen (secondary N) is 2. The second-order valence-electron chi connectivity index (χ2n) is 7.28. The van der Waals surface area contributed by atoms with Gasteiger partial charge in [0.2, 0.25) is 0 Å². The summed E-state index contributed by atoms with van der Waals surface area (Å²) >= 11 is 0. The van der Waals surface area contributed by atoms with Gasteiger partial charge in [-0.15, -0.1) is 8.78 Å². The Labute approximate surface area is 182 Å². The van der Waals surface area contributed by atoms with Crippen LogP contribution in [0.1, 0.15) is 16.1 Å². The van der Waals surface area contributed by atoms with Crippen LogP contribution >= 0.6 is 0 Å². The van der Waals surface area contributed by atoms with Gasteiger partial charge in [0.05, 0.1) is 22.6 Å². The van der Waals surface area contributed by atoms with E-state index in [4.69, 9.17) is 0 Å². The highest BCUT2D eigenvalue weighted by Crippen LogP contribution is 2.48. The normalized spacial score (nSPS) is 18.1. The van der Waals surface area contributed by atoms with Gasteiger partial charge >= 0.3 is 12.5 Å². The fraction of sp³-hybridized carbons (Fsp3) is 0.200. The van der Waals surface area contributed by atoms with Gasteiger partial charge in [-0.3, -0.25) is 4.79 Å². The molecule has 0 fully saturated rings. The molecule has 1 unspecified atom stereocenters. The van der Waals surface area contributed by atoms with Gasteiger partial charge in [-0.25, -0.2) is 4.68 Å². The fourth-order valence-electron chi connectivity index (χ4n) is 3.57. The zero-order chi connectivity index (χ0) is 23.5. The van der Waals surface area contributed by atoms with Gasteiger partial charge in [-0.05, 0) is 12.1 Å². The molecule has 2 aliphatic heterocycles. The third kappa shape index (κ3) is 3.64. The van der Waals surface area contributed by atoms with E-state index in [2.05, 4.69) is 25.2 Å². The zero-order valence-electron chi connectivity index (χ0n) is 16.7. The number of para-hydroxylation sites is 1. The summed E-state index contributed by atoms with van der Waals surface area (Å²) in [5.41, 5.74) is -0.983. The van der Waals surface area contributed by atoms with Gasteiger partial charge < -0.3 is 25.0 Å². The van der Waals surface area contributed by atoms with Gasteiger partial charge in [-0.1, -0.05) is 18.2 Å². The van der Waals surface area contributed by atoms with Crippen LogP contribution in [0.5, 0.6) is 11.5 Å². The van der Waals surface area contributed by atoms with Crippen molar-refractivity contribution in [1.82, 2.24) is 15.1 Å². The third-order valence-corrected chi connectivity index (χ3v) is 5.10. The fourth-order valence-corrected chi connectivity index (χ4v) is 3.57. The first kappa shape index (κ1) is 20.8. The molecule has 0 radical (unpaired) electrons. The highest BCUT2D eigenvalue weighted by Gasteiger charge is 2.45. The van der Waals surface area contributed by atoms with Crippen LogP contribution in [0.15, 0.2) is 48.7 Å². The number of alkyl halides is 5. The van der Waals surface area contributed by atoms with Gasteiger partial charge in [0.15, 0.2) is 23.5 Å². The summed E-state index contributed by atoms with van der Waals surface area (Å²) in [6.07, 6.45) is -8.65. The average Bonchev–Trinajstić information content (AvgIpc) is 3.40. The van der Waals surface area contributed by atoms with E-state index in [0.717, 1.165) is 10.9 Å². The number of fused-ring (bicyclic) bond motifs is 2. The Morgan fingerprint density at radius 3 is 2.48 bits per heavy atom. The molecule has 1 atom stereocenters. The lowest BCUT2D eigenvalue weighted by Crippen LogP contribution is -2.48. The van der Waals surface area contributed by atoms with Gasteiger partial charge in [0, 0.05) is 25.4 Å². The molecule has 2 aliphatic rings. The van der Waals surface area contributed by atoms with Crippen LogP contribution in [0.25, 0.3) is 5.69 Å². The Bertz CT molecular complexity index is 1240. The van der Waals surface area contributed by atoms with E-state index in [9.17, 15) is 26.7 Å². The van der Waals surface area contributed by atoms with Crippen LogP contribution in [-0.2, 0) is 6.18 Å². The van der Waals surface area contributed by atoms with Crippen LogP contribution in [0.2, 0.25) is 0 Å². The van der Waals surface area contributed by atoms with E-state index in [-0.39, 0.29) is 11.5 Å². The molecule has 33 heavy (non-hydrogen) atoms. The van der Waals surface area contributed by atoms with Crippen LogP contribution in [0, 0.1) is 0 Å². The molecule has 5 rings (SSSR count). The Kier molecular flexibility index (Phi) is 4.41. The van der Waals surface area contributed by atoms with E-state index in [1.807, 2.05) is 0 Å². The average molecular weight is 467 g/mol. The van der Waals surface area contributed by atoms with E-state index >= 15 is 0 Å². The topological polar surface area (TPSA) is 80.7 Å². The molecule has 0 spiro atoms. The molecule has 8 nitrogen and oxygen atoms in total. The first-order valence-electron chi connectivity index (χ1n) is 9.48. The second-order valence-corrected chi connectivity index (χ2v) is 7.28. The number of hydrogen-bond donors (Lipinski definition) is 2. The number of rotatable bonds is 3. The first-order chi connectivity index (χ1) is 15.5. The highest BCUT2D eigenvalue weighted by atomic mass is 19.4. The molecule has 2 aromatic carbocycles. The summed E-state index contributed by atoms with van der Waals surface area (Å²) in [6, 6.07) is 10.6. The quantitative estimate of drug-likeness (QED) is 0.571. The summed E-state index contributed by atoms with van der Waals surface area (Å²) in [5.74, 6) is -1.45. The maximum Gasteiger partial charge on any atom is 0.586 e. The summed E-state index contributed by atoms with van der Waals surface area (Å²) in [6.45, 7) is 0. The molecule has 1 amide bonds. The molecule has 2 N–H and O–H groups in total. The summed E-state index contributed by atoms with van der Waals surface area (Å²) < 4.78 is 77.1. The number of amides is 1. The smallest absolute Gasteiger partial charge is 0.395 e. The van der Waals surface area contributed by atoms with E-state index in [1.165, 1.54) is 24.1 Å². The number of halogens is 5. The monoisotopic (exact) mass is 467 g/mol. The molecule has 172 valence electrons. The van der Waals surface area contributed by atoms with Crippen molar-refractivity contribution in [2.45, 2.75) is 18.8 Å². The molecular weight excluding hydrogens is 453 g/mol. The third-order valence-electron chi connectivity index (χ3n) is 5.10. The second kappa shape index (κ2) is 6.98.